The standard InChI is InChI=1S/C24H40N2O2/c1-7-8-9-12-16-24(6)19(2)26(21-15-11-10-14-20(21)24)18-13-17-25-22(27)28-23(3,4)5/h10-11,14-15,19H,7-9,12-13,16-18H2,1-6H3,(H,25,27). The molecule has 1 N–H and O–H groups in total. The minimum Gasteiger partial charge on any atom is -0.444 e. The van der Waals surface area contributed by atoms with Gasteiger partial charge >= 0.3 is 6.09 Å². The Hall–Kier alpha value is -1.71. The van der Waals surface area contributed by atoms with Gasteiger partial charge in [-0.25, -0.2) is 4.79 Å². The smallest absolute Gasteiger partial charge is 0.407 e. The number of hydrogen-bond acceptors (Lipinski definition) is 3. The Bertz CT molecular complexity index is 638. The number of alkyl carbamates (subject to hydrolysis) is 1. The van der Waals surface area contributed by atoms with Crippen molar-refractivity contribution in [2.75, 3.05) is 18.0 Å². The second kappa shape index (κ2) is 9.67. The predicted octanol–water partition coefficient (Wildman–Crippen LogP) is 6.04. The van der Waals surface area contributed by atoms with Gasteiger partial charge in [0.25, 0.3) is 0 Å². The van der Waals surface area contributed by atoms with Crippen molar-refractivity contribution in [3.63, 3.8) is 0 Å². The van der Waals surface area contributed by atoms with Gasteiger partial charge in [-0.15, -0.1) is 0 Å². The molecule has 1 amide bonds. The van der Waals surface area contributed by atoms with Crippen LogP contribution in [-0.2, 0) is 10.2 Å². The monoisotopic (exact) mass is 388 g/mol. The maximum absolute atomic E-state index is 11.8. The van der Waals surface area contributed by atoms with Crippen LogP contribution < -0.4 is 10.2 Å². The molecule has 1 aromatic rings. The number of carbonyl (C=O) groups is 1. The van der Waals surface area contributed by atoms with Crippen molar-refractivity contribution in [3.05, 3.63) is 29.8 Å². The molecule has 2 rings (SSSR count). The van der Waals surface area contributed by atoms with E-state index in [9.17, 15) is 4.79 Å². The summed E-state index contributed by atoms with van der Waals surface area (Å²) in [6, 6.07) is 9.34. The molecule has 0 spiro atoms. The van der Waals surface area contributed by atoms with E-state index in [0.29, 0.717) is 12.6 Å². The molecule has 28 heavy (non-hydrogen) atoms. The zero-order valence-corrected chi connectivity index (χ0v) is 18.8. The molecule has 0 saturated heterocycles. The molecule has 2 unspecified atom stereocenters. The minimum absolute atomic E-state index is 0.197. The third-order valence-electron chi connectivity index (χ3n) is 6.01. The summed E-state index contributed by atoms with van der Waals surface area (Å²) in [7, 11) is 0. The molecule has 1 aromatic carbocycles. The molecule has 1 heterocycles. The second-order valence-corrected chi connectivity index (χ2v) is 9.40. The van der Waals surface area contributed by atoms with Gasteiger partial charge in [0.05, 0.1) is 0 Å². The van der Waals surface area contributed by atoms with Crippen molar-refractivity contribution < 1.29 is 9.53 Å². The number of para-hydroxylation sites is 1. The molecule has 0 radical (unpaired) electrons. The van der Waals surface area contributed by atoms with Gasteiger partial charge < -0.3 is 15.0 Å². The van der Waals surface area contributed by atoms with Gasteiger partial charge in [-0.3, -0.25) is 0 Å². The first-order chi connectivity index (χ1) is 13.2. The number of rotatable bonds is 9. The molecule has 158 valence electrons. The van der Waals surface area contributed by atoms with E-state index in [4.69, 9.17) is 4.74 Å². The van der Waals surface area contributed by atoms with Crippen molar-refractivity contribution in [1.29, 1.82) is 0 Å². The average molecular weight is 389 g/mol. The third kappa shape index (κ3) is 5.65. The van der Waals surface area contributed by atoms with E-state index in [0.717, 1.165) is 13.0 Å². The van der Waals surface area contributed by atoms with Crippen LogP contribution in [0.4, 0.5) is 10.5 Å². The van der Waals surface area contributed by atoms with Gasteiger partial charge in [0.15, 0.2) is 0 Å². The lowest BCUT2D eigenvalue weighted by molar-refractivity contribution is 0.0527. The second-order valence-electron chi connectivity index (χ2n) is 9.40. The SMILES string of the molecule is CCCCCCC1(C)c2ccccc2N(CCCNC(=O)OC(C)(C)C)C1C. The topological polar surface area (TPSA) is 41.6 Å². The summed E-state index contributed by atoms with van der Waals surface area (Å²) in [5.74, 6) is 0. The first-order valence-corrected chi connectivity index (χ1v) is 11.0. The van der Waals surface area contributed by atoms with E-state index < -0.39 is 5.60 Å². The van der Waals surface area contributed by atoms with E-state index >= 15 is 0 Å². The van der Waals surface area contributed by atoms with Gasteiger partial charge in [0.1, 0.15) is 5.60 Å². The van der Waals surface area contributed by atoms with Crippen molar-refractivity contribution >= 4 is 11.8 Å². The van der Waals surface area contributed by atoms with E-state index in [1.165, 1.54) is 43.4 Å². The fourth-order valence-corrected chi connectivity index (χ4v) is 4.32. The molecule has 0 fully saturated rings. The third-order valence-corrected chi connectivity index (χ3v) is 6.01. The minimum atomic E-state index is -0.452. The Balaban J connectivity index is 1.95. The Morgan fingerprint density at radius 2 is 1.89 bits per heavy atom. The lowest BCUT2D eigenvalue weighted by Crippen LogP contribution is -2.42. The molecule has 4 nitrogen and oxygen atoms in total. The maximum Gasteiger partial charge on any atom is 0.407 e. The number of nitrogens with one attached hydrogen (secondary N) is 1. The van der Waals surface area contributed by atoms with E-state index in [2.05, 4.69) is 55.3 Å². The number of nitrogens with zero attached hydrogens (tertiary/aromatic N) is 1. The number of ether oxygens (including phenoxy) is 1. The highest BCUT2D eigenvalue weighted by Crippen LogP contribution is 2.47. The van der Waals surface area contributed by atoms with Crippen LogP contribution in [0.2, 0.25) is 0 Å². The Kier molecular flexibility index (Phi) is 7.79. The lowest BCUT2D eigenvalue weighted by Gasteiger charge is -2.35. The fraction of sp³-hybridized carbons (Fsp3) is 0.708. The zero-order chi connectivity index (χ0) is 20.8. The lowest BCUT2D eigenvalue weighted by atomic mass is 9.75. The van der Waals surface area contributed by atoms with Gasteiger partial charge in [-0.05, 0) is 52.2 Å². The van der Waals surface area contributed by atoms with Gasteiger partial charge in [0, 0.05) is 30.2 Å². The molecule has 0 saturated carbocycles. The Labute approximate surface area is 172 Å². The van der Waals surface area contributed by atoms with Gasteiger partial charge in [-0.1, -0.05) is 57.7 Å². The molecule has 0 bridgehead atoms. The summed E-state index contributed by atoms with van der Waals surface area (Å²) in [4.78, 5) is 14.4. The first kappa shape index (κ1) is 22.6. The van der Waals surface area contributed by atoms with E-state index in [1.54, 1.807) is 0 Å². The summed E-state index contributed by atoms with van der Waals surface area (Å²) in [6.07, 6.45) is 7.02. The molecule has 2 atom stereocenters. The molecule has 0 aliphatic carbocycles. The van der Waals surface area contributed by atoms with Crippen molar-refractivity contribution in [1.82, 2.24) is 5.32 Å². The number of hydrogen-bond donors (Lipinski definition) is 1. The average Bonchev–Trinajstić information content (AvgIpc) is 2.83. The maximum atomic E-state index is 11.8. The van der Waals surface area contributed by atoms with E-state index in [1.807, 2.05) is 20.8 Å². The normalized spacial score (nSPS) is 21.5. The van der Waals surface area contributed by atoms with Crippen LogP contribution in [0.5, 0.6) is 0 Å². The number of fused-ring (bicyclic) bond motifs is 1. The molecule has 1 aliphatic rings. The molecule has 0 aromatic heterocycles. The van der Waals surface area contributed by atoms with Crippen LogP contribution in [0.25, 0.3) is 0 Å². The van der Waals surface area contributed by atoms with Crippen molar-refractivity contribution in [2.24, 2.45) is 0 Å². The summed E-state index contributed by atoms with van der Waals surface area (Å²) in [5, 5.41) is 2.88. The highest BCUT2D eigenvalue weighted by molar-refractivity contribution is 5.67. The molecule has 4 heteroatoms. The number of benzene rings is 1. The predicted molar refractivity (Wildman–Crippen MR) is 118 cm³/mol. The van der Waals surface area contributed by atoms with Crippen molar-refractivity contribution in [2.45, 2.75) is 97.1 Å². The summed E-state index contributed by atoms with van der Waals surface area (Å²) in [6.45, 7) is 14.3. The molecule has 1 aliphatic heterocycles. The van der Waals surface area contributed by atoms with Crippen LogP contribution in [-0.4, -0.2) is 30.8 Å². The van der Waals surface area contributed by atoms with Crippen LogP contribution in [0, 0.1) is 0 Å². The van der Waals surface area contributed by atoms with Crippen LogP contribution >= 0.6 is 0 Å². The summed E-state index contributed by atoms with van der Waals surface area (Å²) >= 11 is 0. The summed E-state index contributed by atoms with van der Waals surface area (Å²) in [5.41, 5.74) is 2.60. The number of anilines is 1. The quantitative estimate of drug-likeness (QED) is 0.525. The fourth-order valence-electron chi connectivity index (χ4n) is 4.32. The number of carbonyl (C=O) groups excluding carboxylic acids is 1. The van der Waals surface area contributed by atoms with E-state index in [-0.39, 0.29) is 11.5 Å². The first-order valence-electron chi connectivity index (χ1n) is 11.0. The van der Waals surface area contributed by atoms with Crippen LogP contribution in [0.1, 0.15) is 85.6 Å². The molecular weight excluding hydrogens is 348 g/mol. The highest BCUT2D eigenvalue weighted by atomic mass is 16.6. The molecular formula is C24H40N2O2. The van der Waals surface area contributed by atoms with Crippen LogP contribution in [0.3, 0.4) is 0 Å². The number of unbranched alkanes of at least 4 members (excludes halogenated alkanes) is 3. The Morgan fingerprint density at radius 1 is 1.18 bits per heavy atom. The van der Waals surface area contributed by atoms with Gasteiger partial charge in [0.2, 0.25) is 0 Å². The van der Waals surface area contributed by atoms with Crippen molar-refractivity contribution in [3.8, 4) is 0 Å². The summed E-state index contributed by atoms with van der Waals surface area (Å²) < 4.78 is 5.32. The van der Waals surface area contributed by atoms with Crippen LogP contribution in [0.15, 0.2) is 24.3 Å². The highest BCUT2D eigenvalue weighted by Gasteiger charge is 2.44. The zero-order valence-electron chi connectivity index (χ0n) is 18.8. The Morgan fingerprint density at radius 3 is 2.57 bits per heavy atom. The largest absolute Gasteiger partial charge is 0.444 e. The number of amides is 1. The van der Waals surface area contributed by atoms with Gasteiger partial charge in [-0.2, -0.15) is 0 Å².